The predicted molar refractivity (Wildman–Crippen MR) is 123 cm³/mol. The maximum atomic E-state index is 13.1. The average molecular weight is 434 g/mol. The van der Waals surface area contributed by atoms with Crippen molar-refractivity contribution in [1.82, 2.24) is 25.1 Å². The molecule has 2 aromatic heterocycles. The largest absolute Gasteiger partial charge is 0.497 e. The highest BCUT2D eigenvalue weighted by molar-refractivity contribution is 7.71. The number of carbonyl (C=O) groups excluding carboxylic acids is 1. The van der Waals surface area contributed by atoms with E-state index in [1.807, 2.05) is 66.1 Å². The summed E-state index contributed by atoms with van der Waals surface area (Å²) in [5, 5.41) is 10.9. The average Bonchev–Trinajstić information content (AvgIpc) is 3.17. The van der Waals surface area contributed by atoms with Crippen LogP contribution in [0.2, 0.25) is 0 Å². The number of nitrogens with one attached hydrogen (secondary N) is 2. The van der Waals surface area contributed by atoms with E-state index in [-0.39, 0.29) is 5.91 Å². The number of ether oxygens (including phenoxy) is 1. The van der Waals surface area contributed by atoms with E-state index in [2.05, 4.69) is 15.5 Å². The third-order valence-corrected chi connectivity index (χ3v) is 5.45. The van der Waals surface area contributed by atoms with Gasteiger partial charge in [0.1, 0.15) is 11.6 Å². The van der Waals surface area contributed by atoms with E-state index in [1.54, 1.807) is 7.11 Å². The van der Waals surface area contributed by atoms with Crippen LogP contribution in [0, 0.1) is 4.77 Å². The fourth-order valence-electron chi connectivity index (χ4n) is 3.52. The minimum Gasteiger partial charge on any atom is -0.497 e. The van der Waals surface area contributed by atoms with Crippen molar-refractivity contribution in [3.63, 3.8) is 0 Å². The Balaban J connectivity index is 1.60. The molecular formula is C23H23N5O2S. The summed E-state index contributed by atoms with van der Waals surface area (Å²) in [6, 6.07) is 17.1. The summed E-state index contributed by atoms with van der Waals surface area (Å²) in [6.07, 6.45) is 0.584. The van der Waals surface area contributed by atoms with Crippen LogP contribution >= 0.6 is 12.2 Å². The number of H-pyrrole nitrogens is 1. The van der Waals surface area contributed by atoms with Gasteiger partial charge in [-0.2, -0.15) is 5.10 Å². The lowest BCUT2D eigenvalue weighted by Crippen LogP contribution is -2.27. The fraction of sp³-hybridized carbons (Fsp3) is 0.217. The molecule has 7 nitrogen and oxygen atoms in total. The smallest absolute Gasteiger partial charge is 0.252 e. The maximum absolute atomic E-state index is 13.1. The molecule has 8 heteroatoms. The normalized spacial score (nSPS) is 10.9. The predicted octanol–water partition coefficient (Wildman–Crippen LogP) is 4.16. The molecule has 31 heavy (non-hydrogen) atoms. The summed E-state index contributed by atoms with van der Waals surface area (Å²) >= 11 is 5.22. The second kappa shape index (κ2) is 9.09. The first-order chi connectivity index (χ1) is 15.1. The molecule has 0 saturated heterocycles. The number of amides is 1. The summed E-state index contributed by atoms with van der Waals surface area (Å²) < 4.78 is 7.75. The van der Waals surface area contributed by atoms with Gasteiger partial charge in [0.15, 0.2) is 4.77 Å². The van der Waals surface area contributed by atoms with Crippen molar-refractivity contribution in [3.05, 3.63) is 70.8 Å². The highest BCUT2D eigenvalue weighted by Crippen LogP contribution is 2.26. The van der Waals surface area contributed by atoms with E-state index < -0.39 is 0 Å². The molecule has 4 aromatic rings. The van der Waals surface area contributed by atoms with E-state index in [0.717, 1.165) is 40.3 Å². The summed E-state index contributed by atoms with van der Waals surface area (Å²) in [5.41, 5.74) is 3.01. The zero-order valence-electron chi connectivity index (χ0n) is 17.4. The van der Waals surface area contributed by atoms with Crippen LogP contribution in [0.5, 0.6) is 5.75 Å². The van der Waals surface area contributed by atoms with Crippen LogP contribution < -0.4 is 10.1 Å². The third-order valence-electron chi connectivity index (χ3n) is 5.13. The first-order valence-electron chi connectivity index (χ1n) is 10.1. The Labute approximate surface area is 185 Å². The molecule has 158 valence electrons. The third kappa shape index (κ3) is 4.34. The Hall–Kier alpha value is -3.52. The molecule has 0 saturated carbocycles. The Morgan fingerprint density at radius 2 is 1.97 bits per heavy atom. The minimum atomic E-state index is -0.148. The van der Waals surface area contributed by atoms with Crippen LogP contribution in [0.25, 0.3) is 22.2 Å². The van der Waals surface area contributed by atoms with Gasteiger partial charge in [0.05, 0.1) is 23.9 Å². The molecule has 0 aliphatic carbocycles. The number of benzene rings is 2. The highest BCUT2D eigenvalue weighted by Gasteiger charge is 2.14. The van der Waals surface area contributed by atoms with E-state index in [1.165, 1.54) is 0 Å². The molecular weight excluding hydrogens is 410 g/mol. The van der Waals surface area contributed by atoms with E-state index in [0.29, 0.717) is 23.3 Å². The summed E-state index contributed by atoms with van der Waals surface area (Å²) in [5.74, 6) is 1.45. The first kappa shape index (κ1) is 20.7. The van der Waals surface area contributed by atoms with Crippen LogP contribution in [-0.2, 0) is 13.0 Å². The van der Waals surface area contributed by atoms with Crippen LogP contribution in [-0.4, -0.2) is 39.3 Å². The maximum Gasteiger partial charge on any atom is 0.252 e. The quantitative estimate of drug-likeness (QED) is 0.428. The molecule has 0 aliphatic heterocycles. The number of methoxy groups -OCH3 is 1. The molecule has 0 aliphatic rings. The lowest BCUT2D eigenvalue weighted by molar-refractivity contribution is 0.0955. The summed E-state index contributed by atoms with van der Waals surface area (Å²) in [4.78, 5) is 17.8. The number of nitrogens with zero attached hydrogens (tertiary/aromatic N) is 3. The monoisotopic (exact) mass is 433 g/mol. The van der Waals surface area contributed by atoms with Crippen LogP contribution in [0.15, 0.2) is 54.6 Å². The van der Waals surface area contributed by atoms with Gasteiger partial charge in [-0.05, 0) is 55.5 Å². The summed E-state index contributed by atoms with van der Waals surface area (Å²) in [6.45, 7) is 3.20. The zero-order chi connectivity index (χ0) is 21.8. The van der Waals surface area contributed by atoms with Gasteiger partial charge in [0.2, 0.25) is 0 Å². The second-order valence-corrected chi connectivity index (χ2v) is 7.38. The molecule has 2 heterocycles. The van der Waals surface area contributed by atoms with Crippen molar-refractivity contribution < 1.29 is 9.53 Å². The van der Waals surface area contributed by atoms with Gasteiger partial charge in [-0.25, -0.2) is 4.98 Å². The molecule has 2 N–H and O–H groups in total. The number of aromatic nitrogens is 4. The van der Waals surface area contributed by atoms with Crippen molar-refractivity contribution in [2.75, 3.05) is 13.7 Å². The zero-order valence-corrected chi connectivity index (χ0v) is 18.2. The van der Waals surface area contributed by atoms with Crippen molar-refractivity contribution in [2.24, 2.45) is 0 Å². The van der Waals surface area contributed by atoms with Crippen molar-refractivity contribution >= 4 is 29.0 Å². The van der Waals surface area contributed by atoms with E-state index in [9.17, 15) is 4.79 Å². The van der Waals surface area contributed by atoms with Crippen molar-refractivity contribution in [1.29, 1.82) is 0 Å². The number of pyridine rings is 1. The van der Waals surface area contributed by atoms with Gasteiger partial charge in [-0.15, -0.1) is 0 Å². The number of rotatable bonds is 7. The Morgan fingerprint density at radius 1 is 1.19 bits per heavy atom. The second-order valence-electron chi connectivity index (χ2n) is 7.00. The lowest BCUT2D eigenvalue weighted by atomic mass is 10.0. The van der Waals surface area contributed by atoms with Crippen LogP contribution in [0.3, 0.4) is 0 Å². The molecule has 2 aromatic carbocycles. The fourth-order valence-corrected chi connectivity index (χ4v) is 3.80. The number of aromatic amines is 1. The van der Waals surface area contributed by atoms with Crippen molar-refractivity contribution in [3.8, 4) is 17.0 Å². The number of para-hydroxylation sites is 1. The van der Waals surface area contributed by atoms with Gasteiger partial charge < -0.3 is 14.6 Å². The first-order valence-corrected chi connectivity index (χ1v) is 10.5. The Morgan fingerprint density at radius 3 is 2.71 bits per heavy atom. The lowest BCUT2D eigenvalue weighted by Gasteiger charge is -2.11. The SMILES string of the molecule is CCn1c(CCNC(=O)c2cc(-c3ccc(OC)cc3)nc3ccccc23)n[nH]c1=S. The molecule has 0 atom stereocenters. The number of fused-ring (bicyclic) bond motifs is 1. The molecule has 0 radical (unpaired) electrons. The number of hydrogen-bond acceptors (Lipinski definition) is 5. The van der Waals surface area contributed by atoms with Crippen molar-refractivity contribution in [2.45, 2.75) is 19.9 Å². The molecule has 0 fully saturated rings. The van der Waals surface area contributed by atoms with E-state index in [4.69, 9.17) is 21.9 Å². The molecule has 0 unspecified atom stereocenters. The van der Waals surface area contributed by atoms with Crippen LogP contribution in [0.1, 0.15) is 23.1 Å². The Kier molecular flexibility index (Phi) is 6.08. The van der Waals surface area contributed by atoms with Gasteiger partial charge in [-0.3, -0.25) is 9.89 Å². The van der Waals surface area contributed by atoms with Gasteiger partial charge in [0.25, 0.3) is 5.91 Å². The van der Waals surface area contributed by atoms with Gasteiger partial charge in [0, 0.05) is 30.5 Å². The number of carbonyl (C=O) groups is 1. The Bertz CT molecular complexity index is 1280. The molecule has 0 bridgehead atoms. The van der Waals surface area contributed by atoms with Gasteiger partial charge in [-0.1, -0.05) is 18.2 Å². The standard InChI is InChI=1S/C23H23N5O2S/c1-3-28-21(26-27-23(28)31)12-13-24-22(29)18-14-20(15-8-10-16(30-2)11-9-15)25-19-7-5-4-6-17(18)19/h4-11,14H,3,12-13H2,1-2H3,(H,24,29)(H,27,31). The molecule has 1 amide bonds. The topological polar surface area (TPSA) is 84.8 Å². The molecule has 4 rings (SSSR count). The van der Waals surface area contributed by atoms with E-state index >= 15 is 0 Å². The highest BCUT2D eigenvalue weighted by atomic mass is 32.1. The van der Waals surface area contributed by atoms with Gasteiger partial charge >= 0.3 is 0 Å². The summed E-state index contributed by atoms with van der Waals surface area (Å²) in [7, 11) is 1.63. The van der Waals surface area contributed by atoms with Crippen LogP contribution in [0.4, 0.5) is 0 Å². The minimum absolute atomic E-state index is 0.148. The molecule has 0 spiro atoms. The number of hydrogen-bond donors (Lipinski definition) is 2.